The number of aliphatic hydroxyl groups excluding tert-OH is 1. The van der Waals surface area contributed by atoms with Crippen LogP contribution in [0.3, 0.4) is 0 Å². The summed E-state index contributed by atoms with van der Waals surface area (Å²) in [6.07, 6.45) is -1.64. The lowest BCUT2D eigenvalue weighted by molar-refractivity contribution is 0.0634. The highest BCUT2D eigenvalue weighted by Gasteiger charge is 2.23. The standard InChI is InChI=1S/C11H19ClN4O3/c1-11(2,3)19-10(18)14-8-6(12)7(9(17)13-4)15-16(8)5/h9,13,17H,1-5H3,(H,14,18). The molecule has 3 N–H and O–H groups in total. The van der Waals surface area contributed by atoms with Gasteiger partial charge < -0.3 is 9.84 Å². The van der Waals surface area contributed by atoms with E-state index in [2.05, 4.69) is 15.7 Å². The monoisotopic (exact) mass is 290 g/mol. The molecular formula is C11H19ClN4O3. The molecule has 19 heavy (non-hydrogen) atoms. The van der Waals surface area contributed by atoms with Gasteiger partial charge in [-0.25, -0.2) is 4.79 Å². The molecule has 1 atom stereocenters. The number of hydrogen-bond acceptors (Lipinski definition) is 5. The lowest BCUT2D eigenvalue weighted by atomic mass is 10.2. The Hall–Kier alpha value is -1.31. The first-order chi connectivity index (χ1) is 8.65. The average Bonchev–Trinajstić information content (AvgIpc) is 2.53. The Morgan fingerprint density at radius 1 is 1.53 bits per heavy atom. The van der Waals surface area contributed by atoms with Gasteiger partial charge in [-0.05, 0) is 27.8 Å². The molecule has 0 saturated carbocycles. The Labute approximate surface area is 116 Å². The molecule has 0 aromatic carbocycles. The number of carbonyl (C=O) groups excluding carboxylic acids is 1. The normalized spacial score (nSPS) is 13.2. The minimum Gasteiger partial charge on any atom is -0.444 e. The van der Waals surface area contributed by atoms with Crippen LogP contribution in [0.15, 0.2) is 0 Å². The molecule has 0 radical (unpaired) electrons. The largest absolute Gasteiger partial charge is 0.444 e. The summed E-state index contributed by atoms with van der Waals surface area (Å²) >= 11 is 6.06. The number of nitrogens with one attached hydrogen (secondary N) is 2. The number of halogens is 1. The number of nitrogens with zero attached hydrogens (tertiary/aromatic N) is 2. The first kappa shape index (κ1) is 15.7. The van der Waals surface area contributed by atoms with Crippen LogP contribution in [-0.4, -0.2) is 33.6 Å². The van der Waals surface area contributed by atoms with Crippen molar-refractivity contribution in [3.8, 4) is 0 Å². The summed E-state index contributed by atoms with van der Waals surface area (Å²) in [5.74, 6) is 0.264. The minimum absolute atomic E-state index is 0.162. The van der Waals surface area contributed by atoms with Crippen molar-refractivity contribution in [2.45, 2.75) is 32.6 Å². The fraction of sp³-hybridized carbons (Fsp3) is 0.636. The van der Waals surface area contributed by atoms with Gasteiger partial charge in [0.25, 0.3) is 0 Å². The van der Waals surface area contributed by atoms with Crippen LogP contribution >= 0.6 is 11.6 Å². The van der Waals surface area contributed by atoms with Gasteiger partial charge in [-0.2, -0.15) is 5.10 Å². The van der Waals surface area contributed by atoms with Gasteiger partial charge in [-0.15, -0.1) is 0 Å². The van der Waals surface area contributed by atoms with Crippen molar-refractivity contribution in [2.24, 2.45) is 7.05 Å². The first-order valence-corrected chi connectivity index (χ1v) is 6.11. The Bertz CT molecular complexity index is 467. The summed E-state index contributed by atoms with van der Waals surface area (Å²) < 4.78 is 6.48. The average molecular weight is 291 g/mol. The second-order valence-electron chi connectivity index (χ2n) is 4.99. The second kappa shape index (κ2) is 5.77. The number of aliphatic hydroxyl groups is 1. The molecule has 1 aromatic heterocycles. The van der Waals surface area contributed by atoms with Crippen molar-refractivity contribution in [3.05, 3.63) is 10.7 Å². The van der Waals surface area contributed by atoms with Gasteiger partial charge in [-0.1, -0.05) is 11.6 Å². The van der Waals surface area contributed by atoms with E-state index in [0.29, 0.717) is 0 Å². The summed E-state index contributed by atoms with van der Waals surface area (Å²) in [7, 11) is 3.17. The number of aryl methyl sites for hydroxylation is 1. The summed E-state index contributed by atoms with van der Waals surface area (Å²) in [4.78, 5) is 11.7. The van der Waals surface area contributed by atoms with E-state index in [-0.39, 0.29) is 16.5 Å². The molecule has 1 aromatic rings. The number of rotatable bonds is 3. The topological polar surface area (TPSA) is 88.4 Å². The smallest absolute Gasteiger partial charge is 0.413 e. The van der Waals surface area contributed by atoms with Crippen molar-refractivity contribution in [2.75, 3.05) is 12.4 Å². The highest BCUT2D eigenvalue weighted by Crippen LogP contribution is 2.28. The van der Waals surface area contributed by atoms with Crippen molar-refractivity contribution in [1.82, 2.24) is 15.1 Å². The predicted molar refractivity (Wildman–Crippen MR) is 72.1 cm³/mol. The quantitative estimate of drug-likeness (QED) is 0.736. The van der Waals surface area contributed by atoms with Crippen LogP contribution in [-0.2, 0) is 11.8 Å². The van der Waals surface area contributed by atoms with E-state index in [0.717, 1.165) is 0 Å². The van der Waals surface area contributed by atoms with E-state index in [4.69, 9.17) is 16.3 Å². The molecule has 0 aliphatic heterocycles. The molecular weight excluding hydrogens is 272 g/mol. The first-order valence-electron chi connectivity index (χ1n) is 5.73. The van der Waals surface area contributed by atoms with Crippen molar-refractivity contribution >= 4 is 23.5 Å². The highest BCUT2D eigenvalue weighted by molar-refractivity contribution is 6.34. The van der Waals surface area contributed by atoms with Gasteiger partial charge in [0.1, 0.15) is 16.3 Å². The third-order valence-corrected chi connectivity index (χ3v) is 2.54. The number of aromatic nitrogens is 2. The lowest BCUT2D eigenvalue weighted by Crippen LogP contribution is -2.28. The number of carbonyl (C=O) groups is 1. The number of anilines is 1. The SMILES string of the molecule is CNC(O)c1nn(C)c(NC(=O)OC(C)(C)C)c1Cl. The maximum atomic E-state index is 11.7. The molecule has 0 fully saturated rings. The van der Waals surface area contributed by atoms with Gasteiger partial charge in [-0.3, -0.25) is 15.3 Å². The van der Waals surface area contributed by atoms with E-state index in [1.807, 2.05) is 0 Å². The molecule has 0 spiro atoms. The Morgan fingerprint density at radius 2 is 2.11 bits per heavy atom. The maximum Gasteiger partial charge on any atom is 0.413 e. The molecule has 7 nitrogen and oxygen atoms in total. The van der Waals surface area contributed by atoms with Crippen molar-refractivity contribution in [3.63, 3.8) is 0 Å². The number of ether oxygens (including phenoxy) is 1. The predicted octanol–water partition coefficient (Wildman–Crippen LogP) is 1.63. The molecule has 1 amide bonds. The van der Waals surface area contributed by atoms with Crippen LogP contribution in [0, 0.1) is 0 Å². The van der Waals surface area contributed by atoms with Crippen LogP contribution < -0.4 is 10.6 Å². The van der Waals surface area contributed by atoms with Gasteiger partial charge in [0, 0.05) is 7.05 Å². The third-order valence-electron chi connectivity index (χ3n) is 2.17. The molecule has 1 heterocycles. The fourth-order valence-electron chi connectivity index (χ4n) is 1.37. The minimum atomic E-state index is -1.01. The maximum absolute atomic E-state index is 11.7. The molecule has 0 bridgehead atoms. The van der Waals surface area contributed by atoms with Crippen LogP contribution in [0.1, 0.15) is 32.7 Å². The summed E-state index contributed by atoms with van der Waals surface area (Å²) in [5.41, 5.74) is -0.375. The van der Waals surface area contributed by atoms with Crippen LogP contribution in [0.5, 0.6) is 0 Å². The summed E-state index contributed by atoms with van der Waals surface area (Å²) in [6.45, 7) is 5.27. The van der Waals surface area contributed by atoms with Gasteiger partial charge >= 0.3 is 6.09 Å². The Morgan fingerprint density at radius 3 is 2.58 bits per heavy atom. The van der Waals surface area contributed by atoms with Gasteiger partial charge in [0.15, 0.2) is 12.0 Å². The van der Waals surface area contributed by atoms with Crippen LogP contribution in [0.2, 0.25) is 5.02 Å². The molecule has 0 saturated heterocycles. The zero-order chi connectivity index (χ0) is 14.8. The molecule has 1 rings (SSSR count). The molecule has 1 unspecified atom stereocenters. The van der Waals surface area contributed by atoms with E-state index in [1.165, 1.54) is 4.68 Å². The van der Waals surface area contributed by atoms with E-state index < -0.39 is 17.9 Å². The van der Waals surface area contributed by atoms with Crippen molar-refractivity contribution < 1.29 is 14.6 Å². The molecule has 0 aliphatic rings. The third kappa shape index (κ3) is 4.09. The fourth-order valence-corrected chi connectivity index (χ4v) is 1.68. The summed E-state index contributed by atoms with van der Waals surface area (Å²) in [5, 5.41) is 19.0. The second-order valence-corrected chi connectivity index (χ2v) is 5.37. The van der Waals surface area contributed by atoms with Gasteiger partial charge in [0.05, 0.1) is 0 Å². The van der Waals surface area contributed by atoms with E-state index >= 15 is 0 Å². The zero-order valence-corrected chi connectivity index (χ0v) is 12.4. The Kier molecular flexibility index (Phi) is 4.78. The molecule has 0 aliphatic carbocycles. The van der Waals surface area contributed by atoms with E-state index in [9.17, 15) is 9.90 Å². The molecule has 108 valence electrons. The zero-order valence-electron chi connectivity index (χ0n) is 11.6. The number of hydrogen-bond donors (Lipinski definition) is 3. The number of amides is 1. The van der Waals surface area contributed by atoms with Gasteiger partial charge in [0.2, 0.25) is 0 Å². The van der Waals surface area contributed by atoms with Crippen molar-refractivity contribution in [1.29, 1.82) is 0 Å². The summed E-state index contributed by atoms with van der Waals surface area (Å²) in [6, 6.07) is 0. The molecule has 8 heteroatoms. The lowest BCUT2D eigenvalue weighted by Gasteiger charge is -2.19. The Balaban J connectivity index is 2.91. The van der Waals surface area contributed by atoms with Crippen LogP contribution in [0.4, 0.5) is 10.6 Å². The van der Waals surface area contributed by atoms with Crippen LogP contribution in [0.25, 0.3) is 0 Å². The van der Waals surface area contributed by atoms with E-state index in [1.54, 1.807) is 34.9 Å². The highest BCUT2D eigenvalue weighted by atomic mass is 35.5.